The molecule has 2 aromatic carbocycles. The van der Waals surface area contributed by atoms with E-state index in [1.165, 1.54) is 0 Å². The molecule has 0 aliphatic carbocycles. The molecule has 0 unspecified atom stereocenters. The van der Waals surface area contributed by atoms with E-state index in [2.05, 4.69) is 5.32 Å². The number of para-hydroxylation sites is 1. The van der Waals surface area contributed by atoms with E-state index in [4.69, 9.17) is 18.0 Å². The highest BCUT2D eigenvalue weighted by Gasteiger charge is 2.11. The summed E-state index contributed by atoms with van der Waals surface area (Å²) in [5.74, 6) is -0.333. The average molecular weight is 313 g/mol. The number of hydrogen-bond acceptors (Lipinski definition) is 2. The van der Waals surface area contributed by atoms with Gasteiger partial charge < -0.3 is 16.0 Å². The molecule has 0 bridgehead atoms. The SMILES string of the molecule is NC(=O)CCN(Cc1ccccc1)C(=S)Nc1ccccc1. The first-order chi connectivity index (χ1) is 10.6. The number of nitrogens with two attached hydrogens (primary N) is 1. The number of hydrogen-bond donors (Lipinski definition) is 2. The van der Waals surface area contributed by atoms with E-state index < -0.39 is 0 Å². The quantitative estimate of drug-likeness (QED) is 0.805. The number of carbonyl (C=O) groups is 1. The fourth-order valence-electron chi connectivity index (χ4n) is 2.03. The largest absolute Gasteiger partial charge is 0.370 e. The van der Waals surface area contributed by atoms with E-state index in [1.807, 2.05) is 65.6 Å². The van der Waals surface area contributed by atoms with Gasteiger partial charge in [0.15, 0.2) is 5.11 Å². The second-order valence-electron chi connectivity index (χ2n) is 4.92. The standard InChI is InChI=1S/C17H19N3OS/c18-16(21)11-12-20(13-14-7-3-1-4-8-14)17(22)19-15-9-5-2-6-10-15/h1-10H,11-13H2,(H2,18,21)(H,19,22). The maximum Gasteiger partial charge on any atom is 0.219 e. The van der Waals surface area contributed by atoms with Crippen LogP contribution in [0.3, 0.4) is 0 Å². The third-order valence-electron chi connectivity index (χ3n) is 3.16. The number of anilines is 1. The lowest BCUT2D eigenvalue weighted by Crippen LogP contribution is -2.36. The molecular weight excluding hydrogens is 294 g/mol. The van der Waals surface area contributed by atoms with Gasteiger partial charge in [0.1, 0.15) is 0 Å². The van der Waals surface area contributed by atoms with E-state index >= 15 is 0 Å². The molecule has 0 aliphatic rings. The van der Waals surface area contributed by atoms with Crippen LogP contribution in [0.4, 0.5) is 5.69 Å². The molecule has 22 heavy (non-hydrogen) atoms. The van der Waals surface area contributed by atoms with Gasteiger partial charge in [0.25, 0.3) is 0 Å². The van der Waals surface area contributed by atoms with Gasteiger partial charge >= 0.3 is 0 Å². The van der Waals surface area contributed by atoms with Crippen molar-refractivity contribution >= 4 is 28.9 Å². The maximum absolute atomic E-state index is 11.1. The Morgan fingerprint density at radius 3 is 2.23 bits per heavy atom. The first kappa shape index (κ1) is 16.0. The molecule has 114 valence electrons. The zero-order chi connectivity index (χ0) is 15.8. The third-order valence-corrected chi connectivity index (χ3v) is 3.52. The van der Waals surface area contributed by atoms with Crippen LogP contribution in [0.15, 0.2) is 60.7 Å². The van der Waals surface area contributed by atoms with Gasteiger partial charge in [-0.1, -0.05) is 48.5 Å². The van der Waals surface area contributed by atoms with E-state index in [0.717, 1.165) is 11.3 Å². The van der Waals surface area contributed by atoms with Crippen LogP contribution >= 0.6 is 12.2 Å². The van der Waals surface area contributed by atoms with Crippen molar-refractivity contribution in [2.75, 3.05) is 11.9 Å². The van der Waals surface area contributed by atoms with Crippen molar-refractivity contribution in [1.82, 2.24) is 4.90 Å². The number of amides is 1. The highest BCUT2D eigenvalue weighted by atomic mass is 32.1. The molecule has 0 saturated carbocycles. The zero-order valence-corrected chi connectivity index (χ0v) is 13.1. The summed E-state index contributed by atoms with van der Waals surface area (Å²) in [6.45, 7) is 1.12. The molecule has 0 saturated heterocycles. The van der Waals surface area contributed by atoms with Crippen LogP contribution in [-0.4, -0.2) is 22.5 Å². The number of carbonyl (C=O) groups excluding carboxylic acids is 1. The van der Waals surface area contributed by atoms with Crippen LogP contribution in [0, 0.1) is 0 Å². The Labute approximate surface area is 135 Å². The van der Waals surface area contributed by atoms with Crippen LogP contribution in [0.2, 0.25) is 0 Å². The Morgan fingerprint density at radius 2 is 1.64 bits per heavy atom. The number of primary amides is 1. The molecule has 0 fully saturated rings. The number of nitrogens with zero attached hydrogens (tertiary/aromatic N) is 1. The minimum absolute atomic E-state index is 0.267. The molecule has 0 heterocycles. The van der Waals surface area contributed by atoms with Crippen molar-refractivity contribution in [3.63, 3.8) is 0 Å². The van der Waals surface area contributed by atoms with E-state index in [0.29, 0.717) is 18.2 Å². The molecule has 5 heteroatoms. The summed E-state index contributed by atoms with van der Waals surface area (Å²) in [5.41, 5.74) is 7.31. The summed E-state index contributed by atoms with van der Waals surface area (Å²) in [4.78, 5) is 13.0. The van der Waals surface area contributed by atoms with Crippen LogP contribution in [-0.2, 0) is 11.3 Å². The Balaban J connectivity index is 2.05. The number of nitrogens with one attached hydrogen (secondary N) is 1. The lowest BCUT2D eigenvalue weighted by molar-refractivity contribution is -0.118. The molecule has 1 amide bonds. The second kappa shape index (κ2) is 8.14. The summed E-state index contributed by atoms with van der Waals surface area (Å²) in [6.07, 6.45) is 0.267. The Bertz CT molecular complexity index is 616. The Morgan fingerprint density at radius 1 is 1.05 bits per heavy atom. The average Bonchev–Trinajstić information content (AvgIpc) is 2.53. The van der Waals surface area contributed by atoms with Gasteiger partial charge in [-0.15, -0.1) is 0 Å². The highest BCUT2D eigenvalue weighted by Crippen LogP contribution is 2.10. The van der Waals surface area contributed by atoms with Crippen LogP contribution < -0.4 is 11.1 Å². The molecule has 2 rings (SSSR count). The van der Waals surface area contributed by atoms with Crippen LogP contribution in [0.5, 0.6) is 0 Å². The molecule has 4 nitrogen and oxygen atoms in total. The number of rotatable bonds is 6. The molecule has 2 aromatic rings. The van der Waals surface area contributed by atoms with Crippen molar-refractivity contribution in [2.45, 2.75) is 13.0 Å². The molecule has 0 spiro atoms. The van der Waals surface area contributed by atoms with Crippen LogP contribution in [0.1, 0.15) is 12.0 Å². The normalized spacial score (nSPS) is 10.0. The topological polar surface area (TPSA) is 58.4 Å². The fourth-order valence-corrected chi connectivity index (χ4v) is 2.30. The first-order valence-electron chi connectivity index (χ1n) is 7.08. The third kappa shape index (κ3) is 5.18. The number of benzene rings is 2. The van der Waals surface area contributed by atoms with Crippen molar-refractivity contribution < 1.29 is 4.79 Å². The van der Waals surface area contributed by atoms with E-state index in [-0.39, 0.29) is 12.3 Å². The lowest BCUT2D eigenvalue weighted by Gasteiger charge is -2.25. The summed E-state index contributed by atoms with van der Waals surface area (Å²) < 4.78 is 0. The fraction of sp³-hybridized carbons (Fsp3) is 0.176. The number of thiocarbonyl (C=S) groups is 1. The second-order valence-corrected chi connectivity index (χ2v) is 5.31. The summed E-state index contributed by atoms with van der Waals surface area (Å²) in [5, 5.41) is 3.77. The smallest absolute Gasteiger partial charge is 0.219 e. The van der Waals surface area contributed by atoms with Gasteiger partial charge in [0, 0.05) is 25.2 Å². The molecule has 0 atom stereocenters. The van der Waals surface area contributed by atoms with Gasteiger partial charge in [-0.2, -0.15) is 0 Å². The Kier molecular flexibility index (Phi) is 5.91. The van der Waals surface area contributed by atoms with Crippen molar-refractivity contribution in [2.24, 2.45) is 5.73 Å². The predicted molar refractivity (Wildman–Crippen MR) is 93.3 cm³/mol. The summed E-state index contributed by atoms with van der Waals surface area (Å²) in [6, 6.07) is 19.7. The summed E-state index contributed by atoms with van der Waals surface area (Å²) in [7, 11) is 0. The minimum atomic E-state index is -0.333. The molecule has 0 radical (unpaired) electrons. The van der Waals surface area contributed by atoms with Crippen molar-refractivity contribution in [1.29, 1.82) is 0 Å². The van der Waals surface area contributed by atoms with Gasteiger partial charge in [-0.05, 0) is 29.9 Å². The Hall–Kier alpha value is -2.40. The monoisotopic (exact) mass is 313 g/mol. The van der Waals surface area contributed by atoms with Gasteiger partial charge in [-0.3, -0.25) is 4.79 Å². The lowest BCUT2D eigenvalue weighted by atomic mass is 10.2. The van der Waals surface area contributed by atoms with Gasteiger partial charge in [0.2, 0.25) is 5.91 Å². The van der Waals surface area contributed by atoms with Gasteiger partial charge in [-0.25, -0.2) is 0 Å². The minimum Gasteiger partial charge on any atom is -0.370 e. The van der Waals surface area contributed by atoms with Crippen molar-refractivity contribution in [3.8, 4) is 0 Å². The maximum atomic E-state index is 11.1. The molecule has 0 aliphatic heterocycles. The predicted octanol–water partition coefficient (Wildman–Crippen LogP) is 2.76. The zero-order valence-electron chi connectivity index (χ0n) is 12.2. The summed E-state index contributed by atoms with van der Waals surface area (Å²) >= 11 is 5.47. The van der Waals surface area contributed by atoms with E-state index in [1.54, 1.807) is 0 Å². The van der Waals surface area contributed by atoms with Gasteiger partial charge in [0.05, 0.1) is 0 Å². The van der Waals surface area contributed by atoms with E-state index in [9.17, 15) is 4.79 Å². The molecule has 3 N–H and O–H groups in total. The first-order valence-corrected chi connectivity index (χ1v) is 7.49. The van der Waals surface area contributed by atoms with Crippen molar-refractivity contribution in [3.05, 3.63) is 66.2 Å². The highest BCUT2D eigenvalue weighted by molar-refractivity contribution is 7.80. The molecule has 0 aromatic heterocycles. The molecular formula is C17H19N3OS. The van der Waals surface area contributed by atoms with Crippen LogP contribution in [0.25, 0.3) is 0 Å².